The Morgan fingerprint density at radius 1 is 0.875 bits per heavy atom. The Morgan fingerprint density at radius 3 is 1.62 bits per heavy atom. The monoisotopic (exact) mass is 533 g/mol. The number of alkyl halides is 1. The molecule has 2 saturated carbocycles. The van der Waals surface area contributed by atoms with E-state index < -0.39 is 29.1 Å². The summed E-state index contributed by atoms with van der Waals surface area (Å²) < 4.78 is 0. The molecule has 0 spiro atoms. The first-order valence-electron chi connectivity index (χ1n) is 8.98. The van der Waals surface area contributed by atoms with Crippen molar-refractivity contribution in [2.75, 3.05) is 0 Å². The minimum absolute atomic E-state index is 0. The van der Waals surface area contributed by atoms with Crippen LogP contribution < -0.4 is 0 Å². The molecular weight excluding hydrogens is 500 g/mol. The van der Waals surface area contributed by atoms with E-state index in [1.807, 2.05) is 0 Å². The van der Waals surface area contributed by atoms with Crippen LogP contribution in [0.4, 0.5) is 0 Å². The van der Waals surface area contributed by atoms with Crippen LogP contribution in [0.1, 0.15) is 53.4 Å². The van der Waals surface area contributed by atoms with Gasteiger partial charge in [0.2, 0.25) is 0 Å². The van der Waals surface area contributed by atoms with E-state index in [0.717, 1.165) is 34.0 Å². The van der Waals surface area contributed by atoms with Gasteiger partial charge in [-0.1, -0.05) is 83.3 Å². The fourth-order valence-electron chi connectivity index (χ4n) is 5.10. The van der Waals surface area contributed by atoms with Crippen molar-refractivity contribution in [1.82, 2.24) is 0 Å². The van der Waals surface area contributed by atoms with Gasteiger partial charge in [0.15, 0.2) is 0 Å². The SMILES string of the molecule is CC1C(C)C(C)C([Si](C)(C)[N-]C2CCC(Br)CC2)C1C.[CH3-].[Cl][Zr+2][Cl]. The molecule has 0 aromatic rings. The summed E-state index contributed by atoms with van der Waals surface area (Å²) in [6, 6.07) is 0.663. The molecule has 142 valence electrons. The van der Waals surface area contributed by atoms with Crippen molar-refractivity contribution in [3.05, 3.63) is 12.4 Å². The zero-order chi connectivity index (χ0) is 17.8. The maximum atomic E-state index is 5.47. The topological polar surface area (TPSA) is 14.1 Å². The zero-order valence-electron chi connectivity index (χ0n) is 16.5. The predicted molar refractivity (Wildman–Crippen MR) is 114 cm³/mol. The van der Waals surface area contributed by atoms with Crippen molar-refractivity contribution in [2.24, 2.45) is 23.7 Å². The standard InChI is InChI=1S/C17H33BrNSi.CH3.2ClH.Zr/c1-11-12(2)14(4)17(13(11)3)20(5,6)19-16-9-7-15(18)8-10-16;;;;/h11-17H,7-10H2,1-6H3;1H3;2*1H;/q2*-1;;;+4/p-2. The molecule has 2 rings (SSSR count). The first-order chi connectivity index (χ1) is 10.7. The second-order valence-electron chi connectivity index (χ2n) is 8.22. The van der Waals surface area contributed by atoms with Gasteiger partial charge in [-0.05, 0) is 36.5 Å². The molecule has 1 nitrogen and oxygen atoms in total. The quantitative estimate of drug-likeness (QED) is 0.197. The molecule has 2 aliphatic carbocycles. The molecule has 0 N–H and O–H groups in total. The number of hydrogen-bond donors (Lipinski definition) is 0. The number of nitrogens with zero attached hydrogens (tertiary/aromatic N) is 1. The molecule has 6 heteroatoms. The molecule has 0 amide bonds. The van der Waals surface area contributed by atoms with E-state index in [4.69, 9.17) is 22.0 Å². The van der Waals surface area contributed by atoms with Gasteiger partial charge in [-0.2, -0.15) is 0 Å². The van der Waals surface area contributed by atoms with Crippen molar-refractivity contribution in [3.63, 3.8) is 0 Å². The van der Waals surface area contributed by atoms with Gasteiger partial charge in [-0.25, -0.2) is 0 Å². The van der Waals surface area contributed by atoms with Crippen LogP contribution in [0.15, 0.2) is 0 Å². The predicted octanol–water partition coefficient (Wildman–Crippen LogP) is 8.03. The molecule has 0 aromatic carbocycles. The Hall–Kier alpha value is 2.12. The molecule has 0 bridgehead atoms. The van der Waals surface area contributed by atoms with Gasteiger partial charge in [0.1, 0.15) is 0 Å². The molecule has 24 heavy (non-hydrogen) atoms. The average Bonchev–Trinajstić information content (AvgIpc) is 2.66. The van der Waals surface area contributed by atoms with Crippen LogP contribution in [-0.4, -0.2) is 19.1 Å². The van der Waals surface area contributed by atoms with E-state index in [-0.39, 0.29) is 7.43 Å². The van der Waals surface area contributed by atoms with Crippen LogP contribution in [0.5, 0.6) is 0 Å². The Morgan fingerprint density at radius 2 is 1.25 bits per heavy atom. The van der Waals surface area contributed by atoms with Crippen LogP contribution in [0.3, 0.4) is 0 Å². The Labute approximate surface area is 179 Å². The van der Waals surface area contributed by atoms with Crippen LogP contribution >= 0.6 is 33.0 Å². The van der Waals surface area contributed by atoms with Gasteiger partial charge in [-0.3, -0.25) is 0 Å². The molecule has 4 atom stereocenters. The molecular formula is C18H36BrCl2NSiZr. The van der Waals surface area contributed by atoms with Crippen LogP contribution in [0.2, 0.25) is 18.6 Å². The van der Waals surface area contributed by atoms with Gasteiger partial charge in [0.05, 0.1) is 0 Å². The summed E-state index contributed by atoms with van der Waals surface area (Å²) in [6.07, 6.45) is 5.27. The summed E-state index contributed by atoms with van der Waals surface area (Å²) in [5.41, 5.74) is 0.884. The normalized spacial score (nSPS) is 39.3. The molecule has 0 saturated heterocycles. The first kappa shape index (κ1) is 26.1. The number of halogens is 3. The van der Waals surface area contributed by atoms with Crippen molar-refractivity contribution in [3.8, 4) is 0 Å². The van der Waals surface area contributed by atoms with Crippen molar-refractivity contribution in [2.45, 2.75) is 82.9 Å². The molecule has 2 fully saturated rings. The zero-order valence-corrected chi connectivity index (χ0v) is 23.0. The summed E-state index contributed by atoms with van der Waals surface area (Å²) >= 11 is 2.94. The second-order valence-corrected chi connectivity index (χ2v) is 17.5. The summed E-state index contributed by atoms with van der Waals surface area (Å²) in [4.78, 5) is 6.23. The molecule has 0 radical (unpaired) electrons. The van der Waals surface area contributed by atoms with E-state index in [9.17, 15) is 0 Å². The summed E-state index contributed by atoms with van der Waals surface area (Å²) in [6.45, 7) is 15.0. The van der Waals surface area contributed by atoms with E-state index >= 15 is 0 Å². The summed E-state index contributed by atoms with van der Waals surface area (Å²) in [5.74, 6) is 3.46. The molecule has 0 heterocycles. The second kappa shape index (κ2) is 11.8. The fraction of sp³-hybridized carbons (Fsp3) is 0.944. The Bertz CT molecular complexity index is 340. The van der Waals surface area contributed by atoms with E-state index in [1.165, 1.54) is 25.7 Å². The first-order valence-corrected chi connectivity index (χ1v) is 19.2. The van der Waals surface area contributed by atoms with Crippen LogP contribution in [-0.2, 0) is 20.8 Å². The third-order valence-electron chi connectivity index (χ3n) is 6.58. The third-order valence-corrected chi connectivity index (χ3v) is 11.2. The van der Waals surface area contributed by atoms with E-state index in [2.05, 4.69) is 56.7 Å². The molecule has 4 unspecified atom stereocenters. The maximum absolute atomic E-state index is 5.47. The average molecular weight is 537 g/mol. The fourth-order valence-corrected chi connectivity index (χ4v) is 10.2. The van der Waals surface area contributed by atoms with Crippen LogP contribution in [0.25, 0.3) is 4.98 Å². The Kier molecular flexibility index (Phi) is 12.9. The van der Waals surface area contributed by atoms with Gasteiger partial charge >= 0.3 is 37.9 Å². The summed E-state index contributed by atoms with van der Waals surface area (Å²) in [5, 5.41) is 0. The van der Waals surface area contributed by atoms with Gasteiger partial charge in [0, 0.05) is 4.83 Å². The van der Waals surface area contributed by atoms with Crippen LogP contribution in [0, 0.1) is 31.1 Å². The number of rotatable bonds is 3. The van der Waals surface area contributed by atoms with E-state index in [0.29, 0.717) is 6.04 Å². The van der Waals surface area contributed by atoms with Gasteiger partial charge < -0.3 is 12.4 Å². The van der Waals surface area contributed by atoms with Gasteiger partial charge in [-0.15, -0.1) is 6.04 Å². The van der Waals surface area contributed by atoms with Gasteiger partial charge in [0.25, 0.3) is 0 Å². The minimum atomic E-state index is -1.48. The molecule has 0 aliphatic heterocycles. The van der Waals surface area contributed by atoms with E-state index in [1.54, 1.807) is 0 Å². The van der Waals surface area contributed by atoms with Crippen molar-refractivity contribution >= 4 is 41.2 Å². The molecule has 2 aliphatic rings. The summed E-state index contributed by atoms with van der Waals surface area (Å²) in [7, 11) is 8.39. The van der Waals surface area contributed by atoms with Crippen molar-refractivity contribution in [1.29, 1.82) is 0 Å². The third kappa shape index (κ3) is 6.93. The number of hydrogen-bond acceptors (Lipinski definition) is 0. The van der Waals surface area contributed by atoms with Crippen molar-refractivity contribution < 1.29 is 20.8 Å². The Balaban J connectivity index is 0.00000123. The molecule has 0 aromatic heterocycles.